The highest BCUT2D eigenvalue weighted by Gasteiger charge is 2.65. The Morgan fingerprint density at radius 1 is 1.15 bits per heavy atom. The van der Waals surface area contributed by atoms with Gasteiger partial charge in [-0.2, -0.15) is 0 Å². The van der Waals surface area contributed by atoms with Gasteiger partial charge in [-0.05, 0) is 37.6 Å². The molecule has 2 N–H and O–H groups in total. The van der Waals surface area contributed by atoms with Gasteiger partial charge in [0.05, 0.1) is 24.8 Å². The first-order valence-electron chi connectivity index (χ1n) is 10.8. The number of piperidine rings is 2. The number of rotatable bonds is 3. The third-order valence-electron chi connectivity index (χ3n) is 7.26. The van der Waals surface area contributed by atoms with Gasteiger partial charge in [0.25, 0.3) is 11.8 Å². The standard InChI is InChI=1S/C22H23FN4O6/c1-33-20(32)21-6-7-24-9-22(21,23)11-26(10-21)12-2-3-13-14(8-12)19(31)27(18(13)30)15-4-5-16(28)25-17(15)29/h2-3,8,15,24H,4-7,9-11H2,1H3,(H,25,28,29)/t15?,21-,22-/m0/s1. The quantitative estimate of drug-likeness (QED) is 0.470. The second-order valence-electron chi connectivity index (χ2n) is 9.00. The minimum Gasteiger partial charge on any atom is -0.468 e. The number of alkyl halides is 1. The SMILES string of the molecule is COC(=O)[C@@]12CCNC[C@]1(F)CN(c1ccc3c(c1)C(=O)N(C1CCC(=O)NC1=O)C3=O)C2. The number of benzene rings is 1. The molecule has 0 bridgehead atoms. The number of nitrogens with one attached hydrogen (secondary N) is 2. The van der Waals surface area contributed by atoms with Crippen LogP contribution in [0, 0.1) is 5.41 Å². The molecule has 1 aromatic rings. The average Bonchev–Trinajstić information content (AvgIpc) is 3.25. The van der Waals surface area contributed by atoms with Gasteiger partial charge < -0.3 is 15.0 Å². The Kier molecular flexibility index (Phi) is 4.78. The van der Waals surface area contributed by atoms with Crippen molar-refractivity contribution >= 4 is 35.3 Å². The number of esters is 1. The molecule has 0 aliphatic carbocycles. The van der Waals surface area contributed by atoms with Crippen LogP contribution in [0.3, 0.4) is 0 Å². The molecule has 5 rings (SSSR count). The number of anilines is 1. The van der Waals surface area contributed by atoms with E-state index in [1.807, 2.05) is 0 Å². The molecular weight excluding hydrogens is 435 g/mol. The summed E-state index contributed by atoms with van der Waals surface area (Å²) in [5, 5.41) is 5.16. The van der Waals surface area contributed by atoms with E-state index in [0.717, 1.165) is 4.90 Å². The highest BCUT2D eigenvalue weighted by molar-refractivity contribution is 6.23. The van der Waals surface area contributed by atoms with Crippen LogP contribution in [-0.2, 0) is 19.1 Å². The molecule has 33 heavy (non-hydrogen) atoms. The fourth-order valence-corrected chi connectivity index (χ4v) is 5.48. The van der Waals surface area contributed by atoms with E-state index in [-0.39, 0.29) is 50.0 Å². The molecular formula is C22H23FN4O6. The molecule has 4 heterocycles. The summed E-state index contributed by atoms with van der Waals surface area (Å²) in [7, 11) is 1.24. The molecule has 0 aromatic heterocycles. The Labute approximate surface area is 188 Å². The van der Waals surface area contributed by atoms with Gasteiger partial charge in [0.15, 0.2) is 5.67 Å². The summed E-state index contributed by atoms with van der Waals surface area (Å²) in [6.07, 6.45) is 0.373. The van der Waals surface area contributed by atoms with Gasteiger partial charge in [-0.1, -0.05) is 0 Å². The Bertz CT molecular complexity index is 1110. The predicted octanol–water partition coefficient (Wildman–Crippen LogP) is -0.231. The lowest BCUT2D eigenvalue weighted by atomic mass is 9.71. The number of fused-ring (bicyclic) bond motifs is 2. The summed E-state index contributed by atoms with van der Waals surface area (Å²) in [6, 6.07) is 3.53. The lowest BCUT2D eigenvalue weighted by Crippen LogP contribution is -2.60. The zero-order valence-corrected chi connectivity index (χ0v) is 18.0. The number of hydrogen-bond acceptors (Lipinski definition) is 8. The van der Waals surface area contributed by atoms with E-state index in [4.69, 9.17) is 4.74 Å². The van der Waals surface area contributed by atoms with Crippen molar-refractivity contribution in [2.24, 2.45) is 5.41 Å². The van der Waals surface area contributed by atoms with E-state index >= 15 is 4.39 Å². The molecule has 1 aromatic carbocycles. The van der Waals surface area contributed by atoms with Crippen molar-refractivity contribution in [2.75, 3.05) is 38.2 Å². The van der Waals surface area contributed by atoms with Gasteiger partial charge in [0, 0.05) is 25.2 Å². The van der Waals surface area contributed by atoms with E-state index in [1.165, 1.54) is 19.2 Å². The summed E-state index contributed by atoms with van der Waals surface area (Å²) in [4.78, 5) is 64.9. The van der Waals surface area contributed by atoms with Gasteiger partial charge in [-0.3, -0.25) is 34.2 Å². The molecule has 10 nitrogen and oxygen atoms in total. The van der Waals surface area contributed by atoms with E-state index in [2.05, 4.69) is 10.6 Å². The highest BCUT2D eigenvalue weighted by atomic mass is 19.1. The van der Waals surface area contributed by atoms with E-state index in [1.54, 1.807) is 11.0 Å². The van der Waals surface area contributed by atoms with Gasteiger partial charge in [0.2, 0.25) is 11.8 Å². The smallest absolute Gasteiger partial charge is 0.317 e. The maximum atomic E-state index is 16.0. The summed E-state index contributed by atoms with van der Waals surface area (Å²) >= 11 is 0. The Balaban J connectivity index is 1.45. The van der Waals surface area contributed by atoms with Crippen LogP contribution in [0.4, 0.5) is 10.1 Å². The second kappa shape index (κ2) is 7.34. The lowest BCUT2D eigenvalue weighted by Gasteiger charge is -2.40. The maximum absolute atomic E-state index is 16.0. The number of carbonyl (C=O) groups is 5. The van der Waals surface area contributed by atoms with Crippen LogP contribution >= 0.6 is 0 Å². The minimum absolute atomic E-state index is 0.00421. The molecule has 174 valence electrons. The zero-order valence-electron chi connectivity index (χ0n) is 18.0. The number of nitrogens with zero attached hydrogens (tertiary/aromatic N) is 2. The molecule has 3 atom stereocenters. The van der Waals surface area contributed by atoms with Crippen molar-refractivity contribution < 1.29 is 33.1 Å². The Hall–Kier alpha value is -3.34. The number of methoxy groups -OCH3 is 1. The van der Waals surface area contributed by atoms with Crippen molar-refractivity contribution in [1.82, 2.24) is 15.5 Å². The molecule has 4 aliphatic rings. The third kappa shape index (κ3) is 2.98. The number of ether oxygens (including phenoxy) is 1. The van der Waals surface area contributed by atoms with Crippen LogP contribution in [0.2, 0.25) is 0 Å². The number of hydrogen-bond donors (Lipinski definition) is 2. The fourth-order valence-electron chi connectivity index (χ4n) is 5.48. The molecule has 0 saturated carbocycles. The summed E-state index contributed by atoms with van der Waals surface area (Å²) < 4.78 is 20.9. The highest BCUT2D eigenvalue weighted by Crippen LogP contribution is 2.49. The van der Waals surface area contributed by atoms with Crippen LogP contribution < -0.4 is 15.5 Å². The van der Waals surface area contributed by atoms with Crippen LogP contribution in [0.1, 0.15) is 40.0 Å². The van der Waals surface area contributed by atoms with Gasteiger partial charge >= 0.3 is 5.97 Å². The Morgan fingerprint density at radius 2 is 1.91 bits per heavy atom. The molecule has 3 saturated heterocycles. The molecule has 4 aliphatic heterocycles. The molecule has 0 radical (unpaired) electrons. The van der Waals surface area contributed by atoms with Crippen LogP contribution in [0.25, 0.3) is 0 Å². The number of imide groups is 2. The summed E-state index contributed by atoms with van der Waals surface area (Å²) in [5.74, 6) is -2.98. The predicted molar refractivity (Wildman–Crippen MR) is 111 cm³/mol. The minimum atomic E-state index is -1.85. The van der Waals surface area contributed by atoms with Crippen LogP contribution in [-0.4, -0.2) is 79.5 Å². The van der Waals surface area contributed by atoms with Gasteiger partial charge in [-0.15, -0.1) is 0 Å². The Morgan fingerprint density at radius 3 is 2.64 bits per heavy atom. The zero-order chi connectivity index (χ0) is 23.5. The van der Waals surface area contributed by atoms with Crippen molar-refractivity contribution in [3.63, 3.8) is 0 Å². The van der Waals surface area contributed by atoms with Crippen LogP contribution in [0.15, 0.2) is 18.2 Å². The van der Waals surface area contributed by atoms with E-state index in [9.17, 15) is 24.0 Å². The second-order valence-corrected chi connectivity index (χ2v) is 9.00. The average molecular weight is 458 g/mol. The molecule has 0 spiro atoms. The summed E-state index contributed by atoms with van der Waals surface area (Å²) in [6.45, 7) is 0.486. The maximum Gasteiger partial charge on any atom is 0.317 e. The molecule has 3 fully saturated rings. The van der Waals surface area contributed by atoms with Crippen molar-refractivity contribution in [2.45, 2.75) is 31.0 Å². The van der Waals surface area contributed by atoms with E-state index in [0.29, 0.717) is 12.2 Å². The molecule has 1 unspecified atom stereocenters. The summed E-state index contributed by atoms with van der Waals surface area (Å²) in [5.41, 5.74) is -2.44. The normalized spacial score (nSPS) is 31.4. The van der Waals surface area contributed by atoms with Crippen molar-refractivity contribution in [1.29, 1.82) is 0 Å². The third-order valence-corrected chi connectivity index (χ3v) is 7.26. The number of halogens is 1. The number of amides is 4. The lowest BCUT2D eigenvalue weighted by molar-refractivity contribution is -0.162. The van der Waals surface area contributed by atoms with Crippen molar-refractivity contribution in [3.05, 3.63) is 29.3 Å². The molecule has 11 heteroatoms. The van der Waals surface area contributed by atoms with E-state index < -0.39 is 46.7 Å². The monoisotopic (exact) mass is 458 g/mol. The van der Waals surface area contributed by atoms with Crippen molar-refractivity contribution in [3.8, 4) is 0 Å². The number of carbonyl (C=O) groups excluding carboxylic acids is 5. The van der Waals surface area contributed by atoms with Crippen LogP contribution in [0.5, 0.6) is 0 Å². The first kappa shape index (κ1) is 21.5. The molecule has 4 amide bonds. The van der Waals surface area contributed by atoms with Gasteiger partial charge in [0.1, 0.15) is 11.5 Å². The first-order chi connectivity index (χ1) is 15.7. The van der Waals surface area contributed by atoms with Gasteiger partial charge in [-0.25, -0.2) is 4.39 Å². The first-order valence-corrected chi connectivity index (χ1v) is 10.8. The largest absolute Gasteiger partial charge is 0.468 e. The topological polar surface area (TPSA) is 125 Å². The fraction of sp³-hybridized carbons (Fsp3) is 0.500.